The molecule has 0 spiro atoms. The number of rotatable bonds is 4. The summed E-state index contributed by atoms with van der Waals surface area (Å²) < 4.78 is 42.3. The van der Waals surface area contributed by atoms with Crippen LogP contribution in [0.4, 0.5) is 9.18 Å². The highest BCUT2D eigenvalue weighted by molar-refractivity contribution is 8.23. The molecule has 1 aromatic rings. The van der Waals surface area contributed by atoms with E-state index in [1.54, 1.807) is 41.5 Å². The number of hydrogen-bond donors (Lipinski definition) is 4. The highest BCUT2D eigenvalue weighted by Gasteiger charge is 2.50. The van der Waals surface area contributed by atoms with Crippen LogP contribution in [0.2, 0.25) is 0 Å². The van der Waals surface area contributed by atoms with Crippen molar-refractivity contribution in [3.05, 3.63) is 40.8 Å². The van der Waals surface area contributed by atoms with Crippen LogP contribution in [-0.4, -0.2) is 47.6 Å². The number of carbonyl (C=O) groups excluding carboxylic acids is 2. The number of nitrogens with one attached hydrogen (secondary N) is 1. The fraction of sp³-hybridized carbons (Fsp3) is 0.476. The molecule has 0 bridgehead atoms. The van der Waals surface area contributed by atoms with Crippen LogP contribution in [-0.2, 0) is 14.3 Å². The minimum atomic E-state index is -3.63. The van der Waals surface area contributed by atoms with Crippen LogP contribution in [0, 0.1) is 5.82 Å². The molecule has 0 aliphatic carbocycles. The zero-order chi connectivity index (χ0) is 24.6. The monoisotopic (exact) mass is 472 g/mol. The summed E-state index contributed by atoms with van der Waals surface area (Å²) in [5, 5.41) is 10.3. The molecule has 2 rings (SSSR count). The van der Waals surface area contributed by atoms with Crippen LogP contribution >= 0.6 is 10.8 Å². The molecule has 1 unspecified atom stereocenters. The van der Waals surface area contributed by atoms with E-state index in [2.05, 4.69) is 5.32 Å². The second-order valence-electron chi connectivity index (χ2n) is 9.38. The molecule has 0 radical (unpaired) electrons. The van der Waals surface area contributed by atoms with Gasteiger partial charge in [0.05, 0.1) is 12.0 Å². The second-order valence-corrected chi connectivity index (χ2v) is 11.4. The van der Waals surface area contributed by atoms with Crippen LogP contribution in [0.1, 0.15) is 64.3 Å². The maximum absolute atomic E-state index is 14.9. The molecule has 1 aromatic carbocycles. The predicted molar refractivity (Wildman–Crippen MR) is 118 cm³/mol. The molecular formula is C21H29FN2O7S. The normalized spacial score (nSPS) is 20.2. The van der Waals surface area contributed by atoms with Crippen LogP contribution in [0.15, 0.2) is 23.9 Å². The summed E-state index contributed by atoms with van der Waals surface area (Å²) >= 11 is 0. The van der Waals surface area contributed by atoms with Gasteiger partial charge in [0.15, 0.2) is 0 Å². The third-order valence-corrected chi connectivity index (χ3v) is 6.87. The van der Waals surface area contributed by atoms with E-state index < -0.39 is 56.6 Å². The highest BCUT2D eigenvalue weighted by Crippen LogP contribution is 2.65. The first kappa shape index (κ1) is 25.6. The Morgan fingerprint density at radius 1 is 1.22 bits per heavy atom. The molecule has 11 heteroatoms. The number of carboxylic acids is 1. The minimum Gasteiger partial charge on any atom is -0.477 e. The molecule has 0 saturated carbocycles. The van der Waals surface area contributed by atoms with E-state index in [-0.39, 0.29) is 17.5 Å². The van der Waals surface area contributed by atoms with Gasteiger partial charge < -0.3 is 9.84 Å². The lowest BCUT2D eigenvalue weighted by atomic mass is 10.0. The molecule has 4 N–H and O–H groups in total. The first-order valence-electron chi connectivity index (χ1n) is 9.78. The average Bonchev–Trinajstić information content (AvgIpc) is 2.81. The molecule has 1 atom stereocenters. The van der Waals surface area contributed by atoms with E-state index in [0.29, 0.717) is 0 Å². The van der Waals surface area contributed by atoms with Crippen molar-refractivity contribution < 1.29 is 37.7 Å². The highest BCUT2D eigenvalue weighted by atomic mass is 32.3. The molecule has 9 nitrogen and oxygen atoms in total. The zero-order valence-electron chi connectivity index (χ0n) is 18.8. The Labute approximate surface area is 187 Å². The lowest BCUT2D eigenvalue weighted by molar-refractivity contribution is -0.133. The summed E-state index contributed by atoms with van der Waals surface area (Å²) in [4.78, 5) is 35.7. The van der Waals surface area contributed by atoms with Gasteiger partial charge in [-0.3, -0.25) is 19.2 Å². The quantitative estimate of drug-likeness (QED) is 0.473. The van der Waals surface area contributed by atoms with Gasteiger partial charge in [0.25, 0.3) is 0 Å². The fourth-order valence-corrected chi connectivity index (χ4v) is 5.65. The molecular weight excluding hydrogens is 443 g/mol. The minimum absolute atomic E-state index is 0.0702. The molecule has 1 fully saturated rings. The largest absolute Gasteiger partial charge is 0.477 e. The van der Waals surface area contributed by atoms with Crippen molar-refractivity contribution in [2.75, 3.05) is 0 Å². The Morgan fingerprint density at radius 2 is 1.81 bits per heavy atom. The number of hydrogen-bond acceptors (Lipinski definition) is 6. The summed E-state index contributed by atoms with van der Waals surface area (Å²) in [7, 11) is -3.63. The molecule has 2 amide bonds. The Balaban J connectivity index is 2.34. The maximum Gasteiger partial charge on any atom is 0.412 e. The molecule has 1 aliphatic heterocycles. The van der Waals surface area contributed by atoms with Crippen molar-refractivity contribution in [2.45, 2.75) is 64.4 Å². The lowest BCUT2D eigenvalue weighted by Crippen LogP contribution is -2.43. The number of amides is 2. The van der Waals surface area contributed by atoms with Gasteiger partial charge in [0, 0.05) is 5.56 Å². The third kappa shape index (κ3) is 5.78. The van der Waals surface area contributed by atoms with Gasteiger partial charge in [-0.1, -0.05) is 12.1 Å². The fourth-order valence-electron chi connectivity index (χ4n) is 3.31. The van der Waals surface area contributed by atoms with Crippen molar-refractivity contribution in [1.82, 2.24) is 9.62 Å². The predicted octanol–water partition coefficient (Wildman–Crippen LogP) is 4.51. The third-order valence-electron chi connectivity index (χ3n) is 4.39. The number of aliphatic carboxylic acids is 1. The number of halogens is 1. The van der Waals surface area contributed by atoms with Gasteiger partial charge in [-0.25, -0.2) is 18.3 Å². The van der Waals surface area contributed by atoms with Gasteiger partial charge in [0.2, 0.25) is 5.91 Å². The first-order valence-corrected chi connectivity index (χ1v) is 11.3. The van der Waals surface area contributed by atoms with Crippen LogP contribution < -0.4 is 5.32 Å². The molecule has 0 aromatic heterocycles. The Kier molecular flexibility index (Phi) is 6.98. The number of nitrogens with zero attached hydrogens (tertiary/aromatic N) is 1. The van der Waals surface area contributed by atoms with Crippen LogP contribution in [0.3, 0.4) is 0 Å². The zero-order valence-corrected chi connectivity index (χ0v) is 19.6. The topological polar surface area (TPSA) is 136 Å². The van der Waals surface area contributed by atoms with E-state index in [4.69, 9.17) is 4.74 Å². The number of carboxylic acid groups (broad SMARTS) is 1. The summed E-state index contributed by atoms with van der Waals surface area (Å²) in [5.74, 6) is -2.80. The van der Waals surface area contributed by atoms with Gasteiger partial charge in [-0.05, 0) is 59.2 Å². The van der Waals surface area contributed by atoms with Crippen molar-refractivity contribution in [2.24, 2.45) is 0 Å². The number of ether oxygens (including phenoxy) is 1. The van der Waals surface area contributed by atoms with Crippen LogP contribution in [0.25, 0.3) is 6.08 Å². The number of benzene rings is 1. The maximum atomic E-state index is 14.9. The van der Waals surface area contributed by atoms with E-state index in [9.17, 15) is 33.0 Å². The average molecular weight is 473 g/mol. The van der Waals surface area contributed by atoms with E-state index in [0.717, 1.165) is 16.4 Å². The van der Waals surface area contributed by atoms with Gasteiger partial charge in [-0.2, -0.15) is 0 Å². The summed E-state index contributed by atoms with van der Waals surface area (Å²) in [6.45, 7) is 9.79. The van der Waals surface area contributed by atoms with Crippen molar-refractivity contribution in [3.8, 4) is 0 Å². The second kappa shape index (κ2) is 8.72. The van der Waals surface area contributed by atoms with E-state index in [1.807, 2.05) is 0 Å². The number of alkyl carbamates (subject to hydrolysis) is 1. The number of carbonyl (C=O) groups is 3. The Hall–Kier alpha value is -2.63. The van der Waals surface area contributed by atoms with Crippen molar-refractivity contribution in [3.63, 3.8) is 0 Å². The molecule has 1 saturated heterocycles. The van der Waals surface area contributed by atoms with E-state index >= 15 is 0 Å². The van der Waals surface area contributed by atoms with Crippen molar-refractivity contribution in [1.29, 1.82) is 0 Å². The SMILES string of the molecule is CC(C)(C)OC(=O)N/C(=C\c1ccc(C2CC(=O)N(C(C)(C)C)S2(O)O)c(F)c1)C(=O)O. The standard InChI is InChI=1S/C21H29FN2O7S/c1-20(2,3)24-17(25)11-16(32(24,29)30)13-8-7-12(9-14(13)22)10-15(18(26)27)23-19(28)31-21(4,5)6/h7-10,16,29-30H,11H2,1-6H3,(H,23,28)(H,26,27)/b15-10-. The summed E-state index contributed by atoms with van der Waals surface area (Å²) in [6.07, 6.45) is -0.214. The molecule has 178 valence electrons. The first-order chi connectivity index (χ1) is 14.4. The molecule has 1 heterocycles. The van der Waals surface area contributed by atoms with Gasteiger partial charge >= 0.3 is 12.1 Å². The smallest absolute Gasteiger partial charge is 0.412 e. The van der Waals surface area contributed by atoms with E-state index in [1.165, 1.54) is 12.1 Å². The van der Waals surface area contributed by atoms with Gasteiger partial charge in [0.1, 0.15) is 22.4 Å². The molecule has 32 heavy (non-hydrogen) atoms. The van der Waals surface area contributed by atoms with Gasteiger partial charge in [-0.15, -0.1) is 10.8 Å². The lowest BCUT2D eigenvalue weighted by Gasteiger charge is -2.47. The van der Waals surface area contributed by atoms with Crippen LogP contribution in [0.5, 0.6) is 0 Å². The Bertz CT molecular complexity index is 964. The summed E-state index contributed by atoms with van der Waals surface area (Å²) in [6, 6.07) is 3.62. The van der Waals surface area contributed by atoms with Crippen molar-refractivity contribution >= 4 is 34.8 Å². The Morgan fingerprint density at radius 3 is 2.25 bits per heavy atom. The molecule has 1 aliphatic rings. The summed E-state index contributed by atoms with van der Waals surface area (Å²) in [5.41, 5.74) is -2.21.